The van der Waals surface area contributed by atoms with Crippen molar-refractivity contribution in [1.29, 1.82) is 0 Å². The van der Waals surface area contributed by atoms with Crippen LogP contribution in [-0.4, -0.2) is 29.0 Å². The average Bonchev–Trinajstić information content (AvgIpc) is 3.12. The van der Waals surface area contributed by atoms with Gasteiger partial charge in [-0.15, -0.1) is 11.3 Å². The summed E-state index contributed by atoms with van der Waals surface area (Å²) in [5, 5.41) is 3.66. The second-order valence-corrected chi connectivity index (χ2v) is 7.85. The van der Waals surface area contributed by atoms with Gasteiger partial charge in [0.25, 0.3) is 0 Å². The van der Waals surface area contributed by atoms with Crippen LogP contribution in [0.4, 0.5) is 23.7 Å². The number of amides is 2. The van der Waals surface area contributed by atoms with Gasteiger partial charge < -0.3 is 10.2 Å². The van der Waals surface area contributed by atoms with Crippen LogP contribution in [0.25, 0.3) is 10.2 Å². The molecule has 28 heavy (non-hydrogen) atoms. The zero-order valence-electron chi connectivity index (χ0n) is 14.9. The maximum Gasteiger partial charge on any atom is 0.416 e. The van der Waals surface area contributed by atoms with E-state index in [1.54, 1.807) is 16.2 Å². The first-order valence-corrected chi connectivity index (χ1v) is 9.80. The first-order chi connectivity index (χ1) is 13.4. The summed E-state index contributed by atoms with van der Waals surface area (Å²) in [7, 11) is 0. The Labute approximate surface area is 164 Å². The number of carbonyl (C=O) groups excluding carboxylic acids is 1. The molecule has 1 aliphatic rings. The van der Waals surface area contributed by atoms with Crippen LogP contribution < -0.4 is 5.32 Å². The third-order valence-electron chi connectivity index (χ3n) is 4.88. The summed E-state index contributed by atoms with van der Waals surface area (Å²) in [6.45, 7) is 1.09. The van der Waals surface area contributed by atoms with Crippen LogP contribution in [0.2, 0.25) is 0 Å². The minimum Gasteiger partial charge on any atom is -0.324 e. The Morgan fingerprint density at radius 2 is 1.86 bits per heavy atom. The molecule has 0 bridgehead atoms. The fourth-order valence-corrected chi connectivity index (χ4v) is 4.51. The van der Waals surface area contributed by atoms with Crippen molar-refractivity contribution in [3.8, 4) is 0 Å². The molecule has 1 aliphatic heterocycles. The van der Waals surface area contributed by atoms with E-state index in [1.165, 1.54) is 12.1 Å². The van der Waals surface area contributed by atoms with E-state index in [2.05, 4.69) is 5.32 Å². The maximum atomic E-state index is 12.8. The quantitative estimate of drug-likeness (QED) is 0.592. The molecule has 1 aromatic heterocycles. The number of urea groups is 1. The number of anilines is 1. The number of alkyl halides is 3. The molecule has 0 spiro atoms. The first-order valence-electron chi connectivity index (χ1n) is 8.99. The van der Waals surface area contributed by atoms with Crippen molar-refractivity contribution in [2.75, 3.05) is 18.4 Å². The first kappa shape index (κ1) is 18.7. The molecule has 1 saturated heterocycles. The minimum atomic E-state index is -4.43. The fourth-order valence-electron chi connectivity index (χ4n) is 3.37. The summed E-state index contributed by atoms with van der Waals surface area (Å²) in [4.78, 5) is 18.8. The molecule has 3 aromatic rings. The molecule has 0 aliphatic carbocycles. The Morgan fingerprint density at radius 3 is 2.57 bits per heavy atom. The van der Waals surface area contributed by atoms with E-state index in [0.29, 0.717) is 19.0 Å². The largest absolute Gasteiger partial charge is 0.416 e. The van der Waals surface area contributed by atoms with Crippen LogP contribution in [0, 0.1) is 0 Å². The number of halogens is 3. The smallest absolute Gasteiger partial charge is 0.324 e. The Bertz CT molecular complexity index is 961. The third-order valence-corrected chi connectivity index (χ3v) is 6.08. The van der Waals surface area contributed by atoms with E-state index in [9.17, 15) is 18.0 Å². The Kier molecular flexibility index (Phi) is 4.97. The van der Waals surface area contributed by atoms with E-state index >= 15 is 0 Å². The van der Waals surface area contributed by atoms with E-state index < -0.39 is 11.7 Å². The van der Waals surface area contributed by atoms with Crippen molar-refractivity contribution in [2.45, 2.75) is 24.9 Å². The van der Waals surface area contributed by atoms with Crippen molar-refractivity contribution in [2.24, 2.45) is 0 Å². The van der Waals surface area contributed by atoms with Gasteiger partial charge in [-0.25, -0.2) is 9.78 Å². The molecule has 1 N–H and O–H groups in total. The molecule has 2 heterocycles. The summed E-state index contributed by atoms with van der Waals surface area (Å²) < 4.78 is 39.6. The van der Waals surface area contributed by atoms with Crippen LogP contribution >= 0.6 is 11.3 Å². The second-order valence-electron chi connectivity index (χ2n) is 6.79. The topological polar surface area (TPSA) is 45.2 Å². The molecular formula is C20H18F3N3OS. The lowest BCUT2D eigenvalue weighted by Gasteiger charge is -2.31. The van der Waals surface area contributed by atoms with Crippen molar-refractivity contribution in [1.82, 2.24) is 9.88 Å². The highest BCUT2D eigenvalue weighted by Gasteiger charge is 2.31. The number of rotatable bonds is 2. The second kappa shape index (κ2) is 7.43. The molecule has 0 saturated carbocycles. The molecule has 4 rings (SSSR count). The number of para-hydroxylation sites is 1. The number of fused-ring (bicyclic) bond motifs is 1. The summed E-state index contributed by atoms with van der Waals surface area (Å²) in [6, 6.07) is 12.3. The zero-order valence-corrected chi connectivity index (χ0v) is 15.7. The number of nitrogens with one attached hydrogen (secondary N) is 1. The van der Waals surface area contributed by atoms with Crippen LogP contribution in [-0.2, 0) is 6.18 Å². The summed E-state index contributed by atoms with van der Waals surface area (Å²) in [6.07, 6.45) is -2.86. The lowest BCUT2D eigenvalue weighted by atomic mass is 9.98. The van der Waals surface area contributed by atoms with Gasteiger partial charge >= 0.3 is 12.2 Å². The van der Waals surface area contributed by atoms with Crippen LogP contribution in [0.1, 0.15) is 29.3 Å². The van der Waals surface area contributed by atoms with Gasteiger partial charge in [0.15, 0.2) is 0 Å². The predicted molar refractivity (Wildman–Crippen MR) is 104 cm³/mol. The van der Waals surface area contributed by atoms with E-state index in [0.717, 1.165) is 40.2 Å². The number of hydrogen-bond acceptors (Lipinski definition) is 3. The lowest BCUT2D eigenvalue weighted by molar-refractivity contribution is -0.137. The summed E-state index contributed by atoms with van der Waals surface area (Å²) in [5.41, 5.74) is 0.361. The van der Waals surface area contributed by atoms with Gasteiger partial charge in [-0.05, 0) is 43.2 Å². The predicted octanol–water partition coefficient (Wildman–Crippen LogP) is 5.73. The Balaban J connectivity index is 1.37. The van der Waals surface area contributed by atoms with Crippen molar-refractivity contribution < 1.29 is 18.0 Å². The fraction of sp³-hybridized carbons (Fsp3) is 0.300. The number of carbonyl (C=O) groups is 1. The maximum absolute atomic E-state index is 12.8. The van der Waals surface area contributed by atoms with E-state index in [4.69, 9.17) is 4.98 Å². The van der Waals surface area contributed by atoms with Crippen molar-refractivity contribution in [3.63, 3.8) is 0 Å². The minimum absolute atomic E-state index is 0.146. The molecule has 1 fully saturated rings. The van der Waals surface area contributed by atoms with Crippen molar-refractivity contribution in [3.05, 3.63) is 59.1 Å². The zero-order chi connectivity index (χ0) is 19.7. The van der Waals surface area contributed by atoms with Gasteiger partial charge in [-0.2, -0.15) is 13.2 Å². The number of benzene rings is 2. The highest BCUT2D eigenvalue weighted by Crippen LogP contribution is 2.34. The van der Waals surface area contributed by atoms with E-state index in [1.807, 2.05) is 24.3 Å². The van der Waals surface area contributed by atoms with Crippen molar-refractivity contribution >= 4 is 33.3 Å². The number of thiazole rings is 1. The van der Waals surface area contributed by atoms with Gasteiger partial charge in [0.1, 0.15) is 0 Å². The van der Waals surface area contributed by atoms with Crippen LogP contribution in [0.3, 0.4) is 0 Å². The molecule has 8 heteroatoms. The van der Waals surface area contributed by atoms with Gasteiger partial charge in [0, 0.05) is 24.7 Å². The SMILES string of the molecule is O=C(Nc1cccc(C(F)(F)F)c1)N1CCC(c2nc3ccccc3s2)CC1. The number of likely N-dealkylation sites (tertiary alicyclic amines) is 1. The van der Waals surface area contributed by atoms with Gasteiger partial charge in [-0.3, -0.25) is 0 Å². The molecule has 2 aromatic carbocycles. The number of hydrogen-bond donors (Lipinski definition) is 1. The third kappa shape index (κ3) is 3.96. The molecule has 0 unspecified atom stereocenters. The standard InChI is InChI=1S/C20H18F3N3OS/c21-20(22,23)14-4-3-5-15(12-14)24-19(27)26-10-8-13(9-11-26)18-25-16-6-1-2-7-17(16)28-18/h1-7,12-13H,8-11H2,(H,24,27). The Hall–Kier alpha value is -2.61. The van der Waals surface area contributed by atoms with Gasteiger partial charge in [-0.1, -0.05) is 18.2 Å². The monoisotopic (exact) mass is 405 g/mol. The molecule has 4 nitrogen and oxygen atoms in total. The Morgan fingerprint density at radius 1 is 1.11 bits per heavy atom. The molecule has 0 atom stereocenters. The summed E-state index contributed by atoms with van der Waals surface area (Å²) >= 11 is 1.68. The normalized spacial score (nSPS) is 15.8. The van der Waals surface area contributed by atoms with Gasteiger partial charge in [0.05, 0.1) is 20.8 Å². The van der Waals surface area contributed by atoms with Crippen LogP contribution in [0.15, 0.2) is 48.5 Å². The number of nitrogens with zero attached hydrogens (tertiary/aromatic N) is 2. The highest BCUT2D eigenvalue weighted by atomic mass is 32.1. The van der Waals surface area contributed by atoms with E-state index in [-0.39, 0.29) is 11.7 Å². The lowest BCUT2D eigenvalue weighted by Crippen LogP contribution is -2.40. The number of aromatic nitrogens is 1. The molecule has 2 amide bonds. The number of piperidine rings is 1. The van der Waals surface area contributed by atoms with Crippen LogP contribution in [0.5, 0.6) is 0 Å². The highest BCUT2D eigenvalue weighted by molar-refractivity contribution is 7.18. The molecule has 146 valence electrons. The van der Waals surface area contributed by atoms with Gasteiger partial charge in [0.2, 0.25) is 0 Å². The molecular weight excluding hydrogens is 387 g/mol. The average molecular weight is 405 g/mol. The molecule has 0 radical (unpaired) electrons. The summed E-state index contributed by atoms with van der Waals surface area (Å²) in [5.74, 6) is 0.301.